The lowest BCUT2D eigenvalue weighted by Crippen LogP contribution is -2.55. The van der Waals surface area contributed by atoms with Crippen molar-refractivity contribution in [3.63, 3.8) is 0 Å². The molecule has 7 nitrogen and oxygen atoms in total. The van der Waals surface area contributed by atoms with Crippen molar-refractivity contribution in [1.29, 1.82) is 0 Å². The minimum atomic E-state index is -0.618. The molecule has 2 N–H and O–H groups in total. The molecular formula is C34H40N4O3. The number of nitrogens with zero attached hydrogens (tertiary/aromatic N) is 2. The molecular weight excluding hydrogens is 512 g/mol. The highest BCUT2D eigenvalue weighted by molar-refractivity contribution is 5.91. The molecule has 3 amide bonds. The second kappa shape index (κ2) is 13.6. The lowest BCUT2D eigenvalue weighted by atomic mass is 10.0. The van der Waals surface area contributed by atoms with Gasteiger partial charge >= 0.3 is 0 Å². The van der Waals surface area contributed by atoms with Crippen LogP contribution in [-0.4, -0.2) is 59.7 Å². The molecule has 3 aromatic carbocycles. The maximum Gasteiger partial charge on any atom is 0.245 e. The fraction of sp³-hybridized carbons (Fsp3) is 0.382. The molecule has 0 unspecified atom stereocenters. The number of rotatable bonds is 10. The molecule has 214 valence electrons. The number of fused-ring (bicyclic) bond motifs is 1. The molecule has 7 heteroatoms. The van der Waals surface area contributed by atoms with Crippen molar-refractivity contribution in [3.05, 3.63) is 101 Å². The van der Waals surface area contributed by atoms with Crippen LogP contribution in [0.2, 0.25) is 0 Å². The monoisotopic (exact) mass is 552 g/mol. The van der Waals surface area contributed by atoms with Gasteiger partial charge in [-0.25, -0.2) is 0 Å². The Kier molecular flexibility index (Phi) is 9.47. The Labute approximate surface area is 242 Å². The maximum atomic E-state index is 13.5. The molecule has 0 bridgehead atoms. The van der Waals surface area contributed by atoms with Gasteiger partial charge in [0.25, 0.3) is 0 Å². The molecule has 1 aliphatic heterocycles. The third-order valence-corrected chi connectivity index (χ3v) is 8.17. The van der Waals surface area contributed by atoms with E-state index in [0.29, 0.717) is 38.3 Å². The Bertz CT molecular complexity index is 1310. The number of anilines is 1. The van der Waals surface area contributed by atoms with Crippen LogP contribution in [0.25, 0.3) is 0 Å². The molecule has 1 fully saturated rings. The van der Waals surface area contributed by atoms with Gasteiger partial charge in [-0.2, -0.15) is 0 Å². The predicted molar refractivity (Wildman–Crippen MR) is 161 cm³/mol. The first-order chi connectivity index (χ1) is 20.0. The van der Waals surface area contributed by atoms with E-state index in [1.54, 1.807) is 6.92 Å². The Morgan fingerprint density at radius 1 is 0.780 bits per heavy atom. The van der Waals surface area contributed by atoms with Gasteiger partial charge in [0, 0.05) is 57.7 Å². The molecule has 3 aromatic rings. The molecule has 1 atom stereocenters. The zero-order valence-corrected chi connectivity index (χ0v) is 23.9. The number of amides is 3. The maximum absolute atomic E-state index is 13.5. The van der Waals surface area contributed by atoms with Crippen molar-refractivity contribution in [1.82, 2.24) is 15.1 Å². The number of piperazine rings is 1. The van der Waals surface area contributed by atoms with Crippen LogP contribution in [0, 0.1) is 5.92 Å². The van der Waals surface area contributed by atoms with Crippen molar-refractivity contribution >= 4 is 23.4 Å². The Balaban J connectivity index is 1.13. The van der Waals surface area contributed by atoms with E-state index in [9.17, 15) is 14.4 Å². The first-order valence-corrected chi connectivity index (χ1v) is 14.8. The number of hydrogen-bond donors (Lipinski definition) is 2. The van der Waals surface area contributed by atoms with Gasteiger partial charge in [0.05, 0.1) is 0 Å². The SMILES string of the molecule is CCC(=O)N[C@H](Cc1ccc(NC(=O)CC2Cc3ccccc3C2)cc1)C(=O)N1CCN(Cc2ccccc2)CC1. The fourth-order valence-corrected chi connectivity index (χ4v) is 5.91. The van der Waals surface area contributed by atoms with Crippen LogP contribution in [0.1, 0.15) is 42.0 Å². The van der Waals surface area contributed by atoms with Crippen molar-refractivity contribution in [2.45, 2.75) is 51.6 Å². The quantitative estimate of drug-likeness (QED) is 0.395. The van der Waals surface area contributed by atoms with Crippen LogP contribution in [0.15, 0.2) is 78.9 Å². The van der Waals surface area contributed by atoms with Crippen LogP contribution in [0.5, 0.6) is 0 Å². The summed E-state index contributed by atoms with van der Waals surface area (Å²) in [5, 5.41) is 5.97. The van der Waals surface area contributed by atoms with E-state index >= 15 is 0 Å². The molecule has 1 saturated heterocycles. The fourth-order valence-electron chi connectivity index (χ4n) is 5.91. The number of carbonyl (C=O) groups excluding carboxylic acids is 3. The summed E-state index contributed by atoms with van der Waals surface area (Å²) >= 11 is 0. The summed E-state index contributed by atoms with van der Waals surface area (Å²) in [5.74, 6) is 0.177. The average molecular weight is 553 g/mol. The molecule has 41 heavy (non-hydrogen) atoms. The lowest BCUT2D eigenvalue weighted by Gasteiger charge is -2.36. The predicted octanol–water partition coefficient (Wildman–Crippen LogP) is 4.21. The third-order valence-electron chi connectivity index (χ3n) is 8.17. The minimum Gasteiger partial charge on any atom is -0.344 e. The summed E-state index contributed by atoms with van der Waals surface area (Å²) in [6, 6.07) is 25.8. The van der Waals surface area contributed by atoms with Gasteiger partial charge in [0.2, 0.25) is 17.7 Å². The highest BCUT2D eigenvalue weighted by Gasteiger charge is 2.29. The Morgan fingerprint density at radius 3 is 2.05 bits per heavy atom. The van der Waals surface area contributed by atoms with Crippen molar-refractivity contribution < 1.29 is 14.4 Å². The summed E-state index contributed by atoms with van der Waals surface area (Å²) in [6.45, 7) is 5.55. The van der Waals surface area contributed by atoms with E-state index in [1.165, 1.54) is 16.7 Å². The summed E-state index contributed by atoms with van der Waals surface area (Å²) in [4.78, 5) is 42.8. The largest absolute Gasteiger partial charge is 0.344 e. The van der Waals surface area contributed by atoms with Crippen molar-refractivity contribution in [3.8, 4) is 0 Å². The molecule has 1 aliphatic carbocycles. The van der Waals surface area contributed by atoms with Gasteiger partial charge in [-0.3, -0.25) is 19.3 Å². The molecule has 5 rings (SSSR count). The highest BCUT2D eigenvalue weighted by atomic mass is 16.2. The summed E-state index contributed by atoms with van der Waals surface area (Å²) < 4.78 is 0. The van der Waals surface area contributed by atoms with Gasteiger partial charge in [0.15, 0.2) is 0 Å². The van der Waals surface area contributed by atoms with Gasteiger partial charge < -0.3 is 15.5 Å². The van der Waals surface area contributed by atoms with Crippen LogP contribution in [0.4, 0.5) is 5.69 Å². The smallest absolute Gasteiger partial charge is 0.245 e. The number of carbonyl (C=O) groups is 3. The lowest BCUT2D eigenvalue weighted by molar-refractivity contribution is -0.138. The number of hydrogen-bond acceptors (Lipinski definition) is 4. The molecule has 0 saturated carbocycles. The van der Waals surface area contributed by atoms with E-state index in [4.69, 9.17) is 0 Å². The van der Waals surface area contributed by atoms with E-state index < -0.39 is 6.04 Å². The van der Waals surface area contributed by atoms with Crippen LogP contribution < -0.4 is 10.6 Å². The third kappa shape index (κ3) is 7.82. The molecule has 0 radical (unpaired) electrons. The molecule has 2 aliphatic rings. The summed E-state index contributed by atoms with van der Waals surface area (Å²) in [5.41, 5.74) is 5.64. The number of benzene rings is 3. The highest BCUT2D eigenvalue weighted by Crippen LogP contribution is 2.29. The van der Waals surface area contributed by atoms with Crippen molar-refractivity contribution in [2.75, 3.05) is 31.5 Å². The molecule has 1 heterocycles. The van der Waals surface area contributed by atoms with Gasteiger partial charge in [-0.15, -0.1) is 0 Å². The first-order valence-electron chi connectivity index (χ1n) is 14.8. The summed E-state index contributed by atoms with van der Waals surface area (Å²) in [6.07, 6.45) is 3.12. The van der Waals surface area contributed by atoms with E-state index in [1.807, 2.05) is 47.4 Å². The molecule has 0 spiro atoms. The van der Waals surface area contributed by atoms with Crippen LogP contribution >= 0.6 is 0 Å². The first kappa shape index (κ1) is 28.6. The Morgan fingerprint density at radius 2 is 1.41 bits per heavy atom. The number of nitrogens with one attached hydrogen (secondary N) is 2. The van der Waals surface area contributed by atoms with Gasteiger partial charge in [-0.1, -0.05) is 73.7 Å². The molecule has 0 aromatic heterocycles. The zero-order valence-electron chi connectivity index (χ0n) is 23.9. The zero-order chi connectivity index (χ0) is 28.6. The standard InChI is InChI=1S/C34H40N4O3/c1-2-32(39)36-31(34(41)38-18-16-37(17-19-38)24-26-8-4-3-5-9-26)22-25-12-14-30(15-13-25)35-33(40)23-27-20-28-10-6-7-11-29(28)21-27/h3-15,27,31H,2,16-24H2,1H3,(H,35,40)(H,36,39)/t31-/m1/s1. The normalized spacial score (nSPS) is 16.2. The van der Waals surface area contributed by atoms with Crippen molar-refractivity contribution in [2.24, 2.45) is 5.92 Å². The topological polar surface area (TPSA) is 81.8 Å². The van der Waals surface area contributed by atoms with Crippen LogP contribution in [0.3, 0.4) is 0 Å². The average Bonchev–Trinajstić information content (AvgIpc) is 3.40. The van der Waals surface area contributed by atoms with E-state index in [-0.39, 0.29) is 17.7 Å². The van der Waals surface area contributed by atoms with Crippen LogP contribution in [-0.2, 0) is 40.2 Å². The van der Waals surface area contributed by atoms with E-state index in [0.717, 1.165) is 43.7 Å². The van der Waals surface area contributed by atoms with Gasteiger partial charge in [0.1, 0.15) is 6.04 Å². The Hall–Kier alpha value is -3.97. The summed E-state index contributed by atoms with van der Waals surface area (Å²) in [7, 11) is 0. The second-order valence-electron chi connectivity index (χ2n) is 11.3. The van der Waals surface area contributed by atoms with E-state index in [2.05, 4.69) is 51.9 Å². The second-order valence-corrected chi connectivity index (χ2v) is 11.3. The van der Waals surface area contributed by atoms with Gasteiger partial charge in [-0.05, 0) is 53.1 Å². The minimum absolute atomic E-state index is 0.0187.